The molecule has 104 valence electrons. The smallest absolute Gasteiger partial charge is 0.228 e. The average molecular weight is 262 g/mol. The van der Waals surface area contributed by atoms with Crippen molar-refractivity contribution in [3.8, 4) is 0 Å². The third-order valence-corrected chi connectivity index (χ3v) is 3.43. The Kier molecular flexibility index (Phi) is 5.36. The van der Waals surface area contributed by atoms with Gasteiger partial charge in [0.15, 0.2) is 0 Å². The first-order valence-corrected chi connectivity index (χ1v) is 6.96. The molecule has 0 atom stereocenters. The Morgan fingerprint density at radius 3 is 2.58 bits per heavy atom. The molecule has 0 N–H and O–H groups in total. The Bertz CT molecular complexity index is 388. The molecule has 0 bridgehead atoms. The number of amides is 1. The van der Waals surface area contributed by atoms with Gasteiger partial charge in [-0.15, -0.1) is 0 Å². The van der Waals surface area contributed by atoms with Gasteiger partial charge in [0.25, 0.3) is 0 Å². The van der Waals surface area contributed by atoms with Gasteiger partial charge in [-0.2, -0.15) is 0 Å². The van der Waals surface area contributed by atoms with Crippen molar-refractivity contribution in [3.63, 3.8) is 0 Å². The van der Waals surface area contributed by atoms with Crippen molar-refractivity contribution in [2.45, 2.75) is 13.3 Å². The van der Waals surface area contributed by atoms with E-state index in [4.69, 9.17) is 4.74 Å². The van der Waals surface area contributed by atoms with Crippen LogP contribution in [0, 0.1) is 0 Å². The zero-order valence-corrected chi connectivity index (χ0v) is 11.5. The minimum Gasteiger partial charge on any atom is -0.379 e. The summed E-state index contributed by atoms with van der Waals surface area (Å²) < 4.78 is 5.31. The predicted octanol–water partition coefficient (Wildman–Crippen LogP) is 1.76. The van der Waals surface area contributed by atoms with Crippen molar-refractivity contribution in [3.05, 3.63) is 30.3 Å². The number of para-hydroxylation sites is 1. The van der Waals surface area contributed by atoms with Crippen LogP contribution in [0.5, 0.6) is 0 Å². The number of carbonyl (C=O) groups excluding carboxylic acids is 1. The number of nitrogens with zero attached hydrogens (tertiary/aromatic N) is 2. The molecule has 0 aromatic heterocycles. The van der Waals surface area contributed by atoms with Gasteiger partial charge in [-0.25, -0.2) is 0 Å². The Labute approximate surface area is 115 Å². The molecule has 0 saturated carbocycles. The number of carbonyl (C=O) groups is 1. The largest absolute Gasteiger partial charge is 0.379 e. The van der Waals surface area contributed by atoms with Gasteiger partial charge in [0.2, 0.25) is 5.91 Å². The number of ether oxygens (including phenoxy) is 1. The molecule has 1 aromatic rings. The van der Waals surface area contributed by atoms with Crippen LogP contribution in [-0.4, -0.2) is 50.2 Å². The third-order valence-electron chi connectivity index (χ3n) is 3.43. The summed E-state index contributed by atoms with van der Waals surface area (Å²) in [7, 11) is 0. The van der Waals surface area contributed by atoms with Crippen molar-refractivity contribution >= 4 is 11.6 Å². The number of hydrogen-bond acceptors (Lipinski definition) is 3. The van der Waals surface area contributed by atoms with Crippen LogP contribution < -0.4 is 4.90 Å². The van der Waals surface area contributed by atoms with E-state index in [0.29, 0.717) is 13.0 Å². The zero-order chi connectivity index (χ0) is 13.5. The molecule has 4 nitrogen and oxygen atoms in total. The highest BCUT2D eigenvalue weighted by Gasteiger charge is 2.16. The highest BCUT2D eigenvalue weighted by Crippen LogP contribution is 2.14. The third kappa shape index (κ3) is 4.04. The first-order valence-electron chi connectivity index (χ1n) is 6.96. The van der Waals surface area contributed by atoms with Gasteiger partial charge >= 0.3 is 0 Å². The van der Waals surface area contributed by atoms with Crippen molar-refractivity contribution < 1.29 is 9.53 Å². The number of anilines is 1. The fourth-order valence-corrected chi connectivity index (χ4v) is 2.32. The molecule has 2 rings (SSSR count). The maximum atomic E-state index is 12.3. The van der Waals surface area contributed by atoms with Gasteiger partial charge in [0, 0.05) is 38.3 Å². The Balaban J connectivity index is 1.86. The molecule has 1 heterocycles. The second kappa shape index (κ2) is 7.26. The van der Waals surface area contributed by atoms with Crippen molar-refractivity contribution in [1.29, 1.82) is 0 Å². The highest BCUT2D eigenvalue weighted by molar-refractivity contribution is 5.93. The lowest BCUT2D eigenvalue weighted by molar-refractivity contribution is -0.119. The minimum absolute atomic E-state index is 0.195. The normalized spacial score (nSPS) is 16.3. The van der Waals surface area contributed by atoms with Gasteiger partial charge in [-0.1, -0.05) is 18.2 Å². The summed E-state index contributed by atoms with van der Waals surface area (Å²) >= 11 is 0. The van der Waals surface area contributed by atoms with Crippen LogP contribution in [0.3, 0.4) is 0 Å². The van der Waals surface area contributed by atoms with Crippen LogP contribution in [0.4, 0.5) is 5.69 Å². The summed E-state index contributed by atoms with van der Waals surface area (Å²) in [6, 6.07) is 9.86. The Morgan fingerprint density at radius 2 is 1.95 bits per heavy atom. The van der Waals surface area contributed by atoms with E-state index in [0.717, 1.165) is 38.5 Å². The molecule has 4 heteroatoms. The maximum Gasteiger partial charge on any atom is 0.228 e. The molecule has 1 aliphatic heterocycles. The summed E-state index contributed by atoms with van der Waals surface area (Å²) in [6.45, 7) is 6.99. The van der Waals surface area contributed by atoms with Crippen LogP contribution in [0.15, 0.2) is 30.3 Å². The second-order valence-electron chi connectivity index (χ2n) is 4.68. The predicted molar refractivity (Wildman–Crippen MR) is 76.3 cm³/mol. The number of hydrogen-bond donors (Lipinski definition) is 0. The standard InChI is InChI=1S/C15H22N2O2/c1-2-17(14-6-4-3-5-7-14)15(18)8-9-16-10-12-19-13-11-16/h3-7H,2,8-13H2,1H3. The average Bonchev–Trinajstić information content (AvgIpc) is 2.48. The topological polar surface area (TPSA) is 32.8 Å². The Hall–Kier alpha value is -1.39. The molecule has 1 fully saturated rings. The molecular weight excluding hydrogens is 240 g/mol. The van der Waals surface area contributed by atoms with Gasteiger partial charge in [0.05, 0.1) is 13.2 Å². The summed E-state index contributed by atoms with van der Waals surface area (Å²) in [6.07, 6.45) is 0.572. The minimum atomic E-state index is 0.195. The van der Waals surface area contributed by atoms with E-state index in [9.17, 15) is 4.79 Å². The maximum absolute atomic E-state index is 12.3. The molecule has 0 unspecified atom stereocenters. The van der Waals surface area contributed by atoms with Gasteiger partial charge in [0.1, 0.15) is 0 Å². The molecule has 1 saturated heterocycles. The van der Waals surface area contributed by atoms with Gasteiger partial charge < -0.3 is 9.64 Å². The number of rotatable bonds is 5. The first kappa shape index (κ1) is 14.0. The molecule has 0 spiro atoms. The van der Waals surface area contributed by atoms with Crippen LogP contribution in [0.1, 0.15) is 13.3 Å². The fraction of sp³-hybridized carbons (Fsp3) is 0.533. The molecule has 0 aliphatic carbocycles. The van der Waals surface area contributed by atoms with Gasteiger partial charge in [-0.3, -0.25) is 9.69 Å². The van der Waals surface area contributed by atoms with E-state index >= 15 is 0 Å². The van der Waals surface area contributed by atoms with Crippen molar-refractivity contribution in [1.82, 2.24) is 4.90 Å². The highest BCUT2D eigenvalue weighted by atomic mass is 16.5. The first-order chi connectivity index (χ1) is 9.31. The molecule has 19 heavy (non-hydrogen) atoms. The van der Waals surface area contributed by atoms with Crippen LogP contribution in [-0.2, 0) is 9.53 Å². The van der Waals surface area contributed by atoms with E-state index < -0.39 is 0 Å². The van der Waals surface area contributed by atoms with Crippen LogP contribution in [0.25, 0.3) is 0 Å². The summed E-state index contributed by atoms with van der Waals surface area (Å²) in [5.74, 6) is 0.195. The number of benzene rings is 1. The lowest BCUT2D eigenvalue weighted by Gasteiger charge is -2.27. The quantitative estimate of drug-likeness (QED) is 0.810. The van der Waals surface area contributed by atoms with E-state index in [-0.39, 0.29) is 5.91 Å². The lowest BCUT2D eigenvalue weighted by atomic mass is 10.2. The monoisotopic (exact) mass is 262 g/mol. The van der Waals surface area contributed by atoms with Crippen LogP contribution >= 0.6 is 0 Å². The molecule has 1 amide bonds. The number of morpholine rings is 1. The van der Waals surface area contributed by atoms with E-state index in [2.05, 4.69) is 4.90 Å². The fourth-order valence-electron chi connectivity index (χ4n) is 2.32. The lowest BCUT2D eigenvalue weighted by Crippen LogP contribution is -2.39. The molecule has 1 aromatic carbocycles. The summed E-state index contributed by atoms with van der Waals surface area (Å²) in [5.41, 5.74) is 0.983. The van der Waals surface area contributed by atoms with Crippen molar-refractivity contribution in [2.75, 3.05) is 44.3 Å². The molecule has 1 aliphatic rings. The van der Waals surface area contributed by atoms with E-state index in [1.54, 1.807) is 0 Å². The summed E-state index contributed by atoms with van der Waals surface area (Å²) in [5, 5.41) is 0. The SMILES string of the molecule is CCN(C(=O)CCN1CCOCC1)c1ccccc1. The van der Waals surface area contributed by atoms with E-state index in [1.807, 2.05) is 42.2 Å². The van der Waals surface area contributed by atoms with Crippen LogP contribution in [0.2, 0.25) is 0 Å². The van der Waals surface area contributed by atoms with Crippen molar-refractivity contribution in [2.24, 2.45) is 0 Å². The second-order valence-corrected chi connectivity index (χ2v) is 4.68. The van der Waals surface area contributed by atoms with E-state index in [1.165, 1.54) is 0 Å². The summed E-state index contributed by atoms with van der Waals surface area (Å²) in [4.78, 5) is 16.4. The van der Waals surface area contributed by atoms with Gasteiger partial charge in [-0.05, 0) is 19.1 Å². The molecular formula is C15H22N2O2. The Morgan fingerprint density at radius 1 is 1.26 bits per heavy atom. The molecule has 0 radical (unpaired) electrons. The zero-order valence-electron chi connectivity index (χ0n) is 11.5.